The number of hydrazine groups is 1. The van der Waals surface area contributed by atoms with Crippen molar-refractivity contribution in [1.82, 2.24) is 15.4 Å². The van der Waals surface area contributed by atoms with Gasteiger partial charge in [0, 0.05) is 0 Å². The lowest BCUT2D eigenvalue weighted by atomic mass is 10.6. The van der Waals surface area contributed by atoms with Crippen LogP contribution >= 0.6 is 11.6 Å². The molecule has 2 N–H and O–H groups in total. The normalized spacial score (nSPS) is 10.9. The first-order chi connectivity index (χ1) is 6.89. The number of nitrogens with one attached hydrogen (secondary N) is 2. The molecule has 0 spiro atoms. The van der Waals surface area contributed by atoms with E-state index >= 15 is 0 Å². The highest BCUT2D eigenvalue weighted by molar-refractivity contribution is 6.29. The molecular weight excluding hydrogens is 237 g/mol. The van der Waals surface area contributed by atoms with E-state index in [1.165, 1.54) is 5.43 Å². The van der Waals surface area contributed by atoms with Crippen LogP contribution < -0.4 is 10.9 Å². The van der Waals surface area contributed by atoms with Crippen molar-refractivity contribution in [3.05, 3.63) is 17.5 Å². The van der Waals surface area contributed by atoms with Crippen LogP contribution in [-0.2, 0) is 4.79 Å². The summed E-state index contributed by atoms with van der Waals surface area (Å²) in [7, 11) is 0. The Balaban J connectivity index is 2.51. The van der Waals surface area contributed by atoms with Crippen molar-refractivity contribution in [1.29, 1.82) is 0 Å². The number of amides is 1. The summed E-state index contributed by atoms with van der Waals surface area (Å²) < 4.78 is 35.1. The van der Waals surface area contributed by atoms with Crippen LogP contribution in [0.2, 0.25) is 5.15 Å². The second-order valence-corrected chi connectivity index (χ2v) is 2.69. The molecule has 1 amide bonds. The van der Waals surface area contributed by atoms with Crippen LogP contribution in [-0.4, -0.2) is 22.1 Å². The summed E-state index contributed by atoms with van der Waals surface area (Å²) in [5.41, 5.74) is 3.33. The van der Waals surface area contributed by atoms with Crippen LogP contribution in [0, 0.1) is 0 Å². The first kappa shape index (κ1) is 11.5. The third-order valence-corrected chi connectivity index (χ3v) is 1.38. The van der Waals surface area contributed by atoms with Gasteiger partial charge in [-0.2, -0.15) is 13.2 Å². The Morgan fingerprint density at radius 2 is 2.00 bits per heavy atom. The fourth-order valence-corrected chi connectivity index (χ4v) is 0.666. The number of anilines is 1. The van der Waals surface area contributed by atoms with E-state index in [4.69, 9.17) is 11.6 Å². The molecule has 0 fully saturated rings. The number of aromatic nitrogens is 2. The average molecular weight is 241 g/mol. The molecule has 0 aliphatic heterocycles. The van der Waals surface area contributed by atoms with Crippen LogP contribution in [0.25, 0.3) is 0 Å². The lowest BCUT2D eigenvalue weighted by Gasteiger charge is -2.08. The van der Waals surface area contributed by atoms with Crippen LogP contribution in [0.4, 0.5) is 19.0 Å². The quantitative estimate of drug-likeness (QED) is 0.761. The van der Waals surface area contributed by atoms with Gasteiger partial charge < -0.3 is 0 Å². The summed E-state index contributed by atoms with van der Waals surface area (Å²) in [6.07, 6.45) is -2.77. The van der Waals surface area contributed by atoms with Gasteiger partial charge >= 0.3 is 12.1 Å². The number of hydrogen-bond donors (Lipinski definition) is 2. The molecule has 0 bridgehead atoms. The van der Waals surface area contributed by atoms with E-state index in [9.17, 15) is 18.0 Å². The van der Waals surface area contributed by atoms with Crippen molar-refractivity contribution >= 4 is 23.3 Å². The number of alkyl halides is 3. The van der Waals surface area contributed by atoms with E-state index < -0.39 is 12.1 Å². The highest BCUT2D eigenvalue weighted by Crippen LogP contribution is 2.14. The third kappa shape index (κ3) is 3.58. The number of carbonyl (C=O) groups is 1. The van der Waals surface area contributed by atoms with Gasteiger partial charge in [-0.1, -0.05) is 11.6 Å². The molecule has 0 saturated heterocycles. The Kier molecular flexibility index (Phi) is 3.30. The van der Waals surface area contributed by atoms with E-state index in [0.29, 0.717) is 0 Å². The first-order valence-corrected chi connectivity index (χ1v) is 3.88. The molecule has 0 saturated carbocycles. The summed E-state index contributed by atoms with van der Waals surface area (Å²) >= 11 is 5.38. The molecule has 1 heterocycles. The monoisotopic (exact) mass is 240 g/mol. The summed E-state index contributed by atoms with van der Waals surface area (Å²) in [6.45, 7) is 0. The Bertz CT molecular complexity index is 352. The highest BCUT2D eigenvalue weighted by atomic mass is 35.5. The molecule has 0 atom stereocenters. The van der Waals surface area contributed by atoms with Crippen LogP contribution in [0.15, 0.2) is 12.4 Å². The van der Waals surface area contributed by atoms with Crippen LogP contribution in [0.1, 0.15) is 0 Å². The van der Waals surface area contributed by atoms with Crippen molar-refractivity contribution in [3.63, 3.8) is 0 Å². The van der Waals surface area contributed by atoms with Gasteiger partial charge in [0.2, 0.25) is 0 Å². The summed E-state index contributed by atoms with van der Waals surface area (Å²) in [6, 6.07) is 0. The van der Waals surface area contributed by atoms with Crippen molar-refractivity contribution in [2.45, 2.75) is 6.18 Å². The maximum absolute atomic E-state index is 11.7. The zero-order chi connectivity index (χ0) is 11.5. The van der Waals surface area contributed by atoms with Crippen LogP contribution in [0.3, 0.4) is 0 Å². The largest absolute Gasteiger partial charge is 0.472 e. The number of rotatable bonds is 2. The number of halogens is 4. The van der Waals surface area contributed by atoms with E-state index in [0.717, 1.165) is 12.4 Å². The van der Waals surface area contributed by atoms with Crippen molar-refractivity contribution in [2.75, 3.05) is 5.43 Å². The van der Waals surface area contributed by atoms with E-state index in [2.05, 4.69) is 9.97 Å². The molecule has 82 valence electrons. The standard InChI is InChI=1S/C6H4ClF3N4O/c7-3-1-12-4(2-11-3)13-14-5(15)6(8,9)10/h1-2H,(H,12,13)(H,14,15). The number of hydrogen-bond acceptors (Lipinski definition) is 4. The smallest absolute Gasteiger partial charge is 0.280 e. The zero-order valence-corrected chi connectivity index (χ0v) is 7.73. The van der Waals surface area contributed by atoms with Crippen molar-refractivity contribution in [2.24, 2.45) is 0 Å². The van der Waals surface area contributed by atoms with E-state index in [-0.39, 0.29) is 11.0 Å². The fourth-order valence-electron chi connectivity index (χ4n) is 0.569. The Morgan fingerprint density at radius 1 is 1.33 bits per heavy atom. The molecule has 15 heavy (non-hydrogen) atoms. The lowest BCUT2D eigenvalue weighted by molar-refractivity contribution is -0.173. The Hall–Kier alpha value is -1.57. The van der Waals surface area contributed by atoms with Gasteiger partial charge in [0.15, 0.2) is 5.82 Å². The first-order valence-electron chi connectivity index (χ1n) is 3.50. The Labute approximate surface area is 86.6 Å². The predicted molar refractivity (Wildman–Crippen MR) is 44.9 cm³/mol. The minimum Gasteiger partial charge on any atom is -0.280 e. The second-order valence-electron chi connectivity index (χ2n) is 2.30. The molecule has 1 aromatic rings. The lowest BCUT2D eigenvalue weighted by Crippen LogP contribution is -2.40. The molecule has 0 unspecified atom stereocenters. The van der Waals surface area contributed by atoms with Gasteiger partial charge in [-0.05, 0) is 0 Å². The van der Waals surface area contributed by atoms with Gasteiger partial charge in [0.25, 0.3) is 0 Å². The fraction of sp³-hybridized carbons (Fsp3) is 0.167. The molecule has 1 aromatic heterocycles. The summed E-state index contributed by atoms with van der Waals surface area (Å²) in [5.74, 6) is -2.18. The van der Waals surface area contributed by atoms with E-state index in [1.54, 1.807) is 0 Å². The van der Waals surface area contributed by atoms with Gasteiger partial charge in [-0.3, -0.25) is 15.6 Å². The van der Waals surface area contributed by atoms with Crippen LogP contribution in [0.5, 0.6) is 0 Å². The SMILES string of the molecule is O=C(NNc1cnc(Cl)cn1)C(F)(F)F. The maximum Gasteiger partial charge on any atom is 0.472 e. The Morgan fingerprint density at radius 3 is 2.47 bits per heavy atom. The van der Waals surface area contributed by atoms with E-state index in [1.807, 2.05) is 5.43 Å². The molecule has 0 radical (unpaired) electrons. The number of carbonyl (C=O) groups excluding carboxylic acids is 1. The van der Waals surface area contributed by atoms with Gasteiger partial charge in [-0.25, -0.2) is 9.97 Å². The van der Waals surface area contributed by atoms with Crippen molar-refractivity contribution in [3.8, 4) is 0 Å². The number of nitrogens with zero attached hydrogens (tertiary/aromatic N) is 2. The van der Waals surface area contributed by atoms with Gasteiger partial charge in [0.1, 0.15) is 5.15 Å². The van der Waals surface area contributed by atoms with Gasteiger partial charge in [-0.15, -0.1) is 0 Å². The molecule has 0 aromatic carbocycles. The van der Waals surface area contributed by atoms with Crippen molar-refractivity contribution < 1.29 is 18.0 Å². The molecule has 0 aliphatic carbocycles. The minimum absolute atomic E-state index is 0.0583. The molecular formula is C6H4ClF3N4O. The molecule has 5 nitrogen and oxygen atoms in total. The van der Waals surface area contributed by atoms with Gasteiger partial charge in [0.05, 0.1) is 12.4 Å². The summed E-state index contributed by atoms with van der Waals surface area (Å²) in [4.78, 5) is 17.4. The second kappa shape index (κ2) is 4.30. The molecule has 1 rings (SSSR count). The molecule has 9 heteroatoms. The maximum atomic E-state index is 11.7. The topological polar surface area (TPSA) is 66.9 Å². The highest BCUT2D eigenvalue weighted by Gasteiger charge is 2.38. The summed E-state index contributed by atoms with van der Waals surface area (Å²) in [5, 5.41) is 0.0858. The predicted octanol–water partition coefficient (Wildman–Crippen LogP) is 1.14. The third-order valence-electron chi connectivity index (χ3n) is 1.18. The minimum atomic E-state index is -4.95. The zero-order valence-electron chi connectivity index (χ0n) is 6.97. The average Bonchev–Trinajstić information content (AvgIpc) is 2.15. The molecule has 0 aliphatic rings.